The Balaban J connectivity index is 2.07. The summed E-state index contributed by atoms with van der Waals surface area (Å²) in [7, 11) is 0. The molecular weight excluding hydrogens is 307 g/mol. The smallest absolute Gasteiger partial charge is 0.128 e. The molecular formula is C15H16BrFN2. The van der Waals surface area contributed by atoms with Crippen LogP contribution in [0.15, 0.2) is 41.1 Å². The van der Waals surface area contributed by atoms with Crippen molar-refractivity contribution in [2.24, 2.45) is 0 Å². The van der Waals surface area contributed by atoms with E-state index in [9.17, 15) is 4.39 Å². The van der Waals surface area contributed by atoms with E-state index >= 15 is 0 Å². The van der Waals surface area contributed by atoms with E-state index in [-0.39, 0.29) is 11.9 Å². The number of aromatic nitrogens is 1. The van der Waals surface area contributed by atoms with E-state index in [1.807, 2.05) is 32.2 Å². The number of nitrogens with one attached hydrogen (secondary N) is 1. The van der Waals surface area contributed by atoms with Gasteiger partial charge in [-0.05, 0) is 49.2 Å². The van der Waals surface area contributed by atoms with E-state index < -0.39 is 0 Å². The molecule has 0 aliphatic heterocycles. The molecule has 1 N–H and O–H groups in total. The first-order chi connectivity index (χ1) is 9.08. The molecule has 2 nitrogen and oxygen atoms in total. The number of hydrogen-bond acceptors (Lipinski definition) is 2. The lowest BCUT2D eigenvalue weighted by molar-refractivity contribution is 0.527. The molecule has 19 heavy (non-hydrogen) atoms. The Kier molecular flexibility index (Phi) is 4.66. The molecule has 2 aromatic rings. The Labute approximate surface area is 121 Å². The summed E-state index contributed by atoms with van der Waals surface area (Å²) in [5, 5.41) is 3.32. The second-order valence-corrected chi connectivity index (χ2v) is 5.49. The molecule has 0 amide bonds. The van der Waals surface area contributed by atoms with Gasteiger partial charge in [-0.2, -0.15) is 0 Å². The SMILES string of the molecule is Cc1ccncc1CNC(C)c1cc(Br)ccc1F. The van der Waals surface area contributed by atoms with Crippen LogP contribution in [-0.2, 0) is 6.54 Å². The highest BCUT2D eigenvalue weighted by Gasteiger charge is 2.11. The summed E-state index contributed by atoms with van der Waals surface area (Å²) in [6.45, 7) is 4.67. The minimum absolute atomic E-state index is 0.0582. The van der Waals surface area contributed by atoms with Crippen LogP contribution in [0.25, 0.3) is 0 Å². The van der Waals surface area contributed by atoms with Gasteiger partial charge in [0.05, 0.1) is 0 Å². The Bertz CT molecular complexity index is 572. The highest BCUT2D eigenvalue weighted by molar-refractivity contribution is 9.10. The maximum Gasteiger partial charge on any atom is 0.128 e. The molecule has 1 aromatic carbocycles. The number of rotatable bonds is 4. The van der Waals surface area contributed by atoms with Gasteiger partial charge in [0.15, 0.2) is 0 Å². The molecule has 0 aliphatic rings. The van der Waals surface area contributed by atoms with Crippen molar-refractivity contribution in [3.63, 3.8) is 0 Å². The predicted octanol–water partition coefficient (Wildman–Crippen LogP) is 4.14. The fourth-order valence-electron chi connectivity index (χ4n) is 1.90. The molecule has 1 atom stereocenters. The van der Waals surface area contributed by atoms with Crippen molar-refractivity contribution < 1.29 is 4.39 Å². The van der Waals surface area contributed by atoms with Crippen molar-refractivity contribution in [1.29, 1.82) is 0 Å². The topological polar surface area (TPSA) is 24.9 Å². The molecule has 0 bridgehead atoms. The van der Waals surface area contributed by atoms with Crippen LogP contribution in [0.5, 0.6) is 0 Å². The Hall–Kier alpha value is -1.26. The average Bonchev–Trinajstić information content (AvgIpc) is 2.40. The van der Waals surface area contributed by atoms with Crippen LogP contribution >= 0.6 is 15.9 Å². The fraction of sp³-hybridized carbons (Fsp3) is 0.267. The number of halogens is 2. The lowest BCUT2D eigenvalue weighted by Crippen LogP contribution is -2.19. The van der Waals surface area contributed by atoms with Gasteiger partial charge in [0, 0.05) is 35.0 Å². The number of pyridine rings is 1. The quantitative estimate of drug-likeness (QED) is 0.915. The van der Waals surface area contributed by atoms with Crippen molar-refractivity contribution in [2.45, 2.75) is 26.4 Å². The second-order valence-electron chi connectivity index (χ2n) is 4.57. The lowest BCUT2D eigenvalue weighted by atomic mass is 10.1. The van der Waals surface area contributed by atoms with Gasteiger partial charge in [-0.25, -0.2) is 4.39 Å². The average molecular weight is 323 g/mol. The molecule has 1 aromatic heterocycles. The molecule has 0 saturated carbocycles. The van der Waals surface area contributed by atoms with Crippen LogP contribution < -0.4 is 5.32 Å². The van der Waals surface area contributed by atoms with Crippen LogP contribution in [-0.4, -0.2) is 4.98 Å². The molecule has 0 spiro atoms. The molecule has 1 heterocycles. The van der Waals surface area contributed by atoms with Gasteiger partial charge < -0.3 is 5.32 Å². The van der Waals surface area contributed by atoms with Crippen molar-refractivity contribution in [3.8, 4) is 0 Å². The van der Waals surface area contributed by atoms with Crippen molar-refractivity contribution in [3.05, 3.63) is 63.6 Å². The summed E-state index contributed by atoms with van der Waals surface area (Å²) in [5.74, 6) is -0.189. The summed E-state index contributed by atoms with van der Waals surface area (Å²) in [6.07, 6.45) is 3.61. The van der Waals surface area contributed by atoms with Gasteiger partial charge in [-0.15, -0.1) is 0 Å². The second kappa shape index (κ2) is 6.26. The van der Waals surface area contributed by atoms with Crippen molar-refractivity contribution in [1.82, 2.24) is 10.3 Å². The normalized spacial score (nSPS) is 12.4. The monoisotopic (exact) mass is 322 g/mol. The third kappa shape index (κ3) is 3.61. The fourth-order valence-corrected chi connectivity index (χ4v) is 2.28. The van der Waals surface area contributed by atoms with Crippen LogP contribution in [0.1, 0.15) is 29.7 Å². The maximum absolute atomic E-state index is 13.8. The lowest BCUT2D eigenvalue weighted by Gasteiger charge is -2.16. The molecule has 0 aliphatic carbocycles. The van der Waals surface area contributed by atoms with Gasteiger partial charge in [-0.3, -0.25) is 4.98 Å². The Morgan fingerprint density at radius 1 is 1.37 bits per heavy atom. The first-order valence-electron chi connectivity index (χ1n) is 6.15. The van der Waals surface area contributed by atoms with E-state index in [0.717, 1.165) is 10.0 Å². The molecule has 0 radical (unpaired) electrons. The summed E-state index contributed by atoms with van der Waals surface area (Å²) in [4.78, 5) is 4.11. The Morgan fingerprint density at radius 3 is 2.89 bits per heavy atom. The molecule has 4 heteroatoms. The van der Waals surface area contributed by atoms with Crippen LogP contribution in [0.3, 0.4) is 0 Å². The molecule has 1 unspecified atom stereocenters. The summed E-state index contributed by atoms with van der Waals surface area (Å²) >= 11 is 3.37. The van der Waals surface area contributed by atoms with Crippen molar-refractivity contribution >= 4 is 15.9 Å². The first kappa shape index (κ1) is 14.2. The van der Waals surface area contributed by atoms with E-state index in [1.54, 1.807) is 12.3 Å². The third-order valence-corrected chi connectivity index (χ3v) is 3.66. The van der Waals surface area contributed by atoms with Crippen LogP contribution in [0.2, 0.25) is 0 Å². The predicted molar refractivity (Wildman–Crippen MR) is 78.3 cm³/mol. The molecule has 100 valence electrons. The van der Waals surface area contributed by atoms with Gasteiger partial charge >= 0.3 is 0 Å². The minimum atomic E-state index is -0.189. The number of benzene rings is 1. The zero-order chi connectivity index (χ0) is 13.8. The van der Waals surface area contributed by atoms with E-state index in [1.165, 1.54) is 11.6 Å². The number of hydrogen-bond donors (Lipinski definition) is 1. The van der Waals surface area contributed by atoms with E-state index in [4.69, 9.17) is 0 Å². The highest BCUT2D eigenvalue weighted by atomic mass is 79.9. The number of nitrogens with zero attached hydrogens (tertiary/aromatic N) is 1. The Morgan fingerprint density at radius 2 is 2.16 bits per heavy atom. The third-order valence-electron chi connectivity index (χ3n) is 3.17. The van der Waals surface area contributed by atoms with Gasteiger partial charge in [-0.1, -0.05) is 15.9 Å². The van der Waals surface area contributed by atoms with Crippen LogP contribution in [0, 0.1) is 12.7 Å². The minimum Gasteiger partial charge on any atom is -0.306 e. The molecule has 0 saturated heterocycles. The number of aryl methyl sites for hydroxylation is 1. The zero-order valence-corrected chi connectivity index (χ0v) is 12.5. The highest BCUT2D eigenvalue weighted by Crippen LogP contribution is 2.22. The van der Waals surface area contributed by atoms with Crippen molar-refractivity contribution in [2.75, 3.05) is 0 Å². The van der Waals surface area contributed by atoms with Gasteiger partial charge in [0.25, 0.3) is 0 Å². The first-order valence-corrected chi connectivity index (χ1v) is 6.95. The van der Waals surface area contributed by atoms with E-state index in [0.29, 0.717) is 12.1 Å². The summed E-state index contributed by atoms with van der Waals surface area (Å²) in [5.41, 5.74) is 2.98. The summed E-state index contributed by atoms with van der Waals surface area (Å²) < 4.78 is 14.6. The molecule has 0 fully saturated rings. The summed E-state index contributed by atoms with van der Waals surface area (Å²) in [6, 6.07) is 6.91. The standard InChI is InChI=1S/C15H16BrFN2/c1-10-5-6-18-8-12(10)9-19-11(2)14-7-13(16)3-4-15(14)17/h3-8,11,19H,9H2,1-2H3. The largest absolute Gasteiger partial charge is 0.306 e. The van der Waals surface area contributed by atoms with Gasteiger partial charge in [0.1, 0.15) is 5.82 Å². The molecule has 2 rings (SSSR count). The van der Waals surface area contributed by atoms with Crippen LogP contribution in [0.4, 0.5) is 4.39 Å². The van der Waals surface area contributed by atoms with E-state index in [2.05, 4.69) is 26.2 Å². The maximum atomic E-state index is 13.8. The zero-order valence-electron chi connectivity index (χ0n) is 11.0. The van der Waals surface area contributed by atoms with Gasteiger partial charge in [0.2, 0.25) is 0 Å².